The maximum absolute atomic E-state index is 12.7. The number of carbonyl (C=O) groups is 4. The van der Waals surface area contributed by atoms with Crippen LogP contribution in [0, 0.1) is 5.92 Å². The van der Waals surface area contributed by atoms with Crippen molar-refractivity contribution in [2.45, 2.75) is 45.3 Å². The van der Waals surface area contributed by atoms with Gasteiger partial charge in [0.05, 0.1) is 6.04 Å². The maximum atomic E-state index is 12.7. The fraction of sp³-hybridized carbons (Fsp3) is 0.474. The third-order valence-corrected chi connectivity index (χ3v) is 4.08. The number of aromatic hydroxyl groups is 1. The Labute approximate surface area is 168 Å². The smallest absolute Gasteiger partial charge is 0.322 e. The first-order valence-corrected chi connectivity index (χ1v) is 9.15. The van der Waals surface area contributed by atoms with Gasteiger partial charge < -0.3 is 31.9 Å². The van der Waals surface area contributed by atoms with E-state index in [0.717, 1.165) is 0 Å². The average Bonchev–Trinajstić information content (AvgIpc) is 2.64. The van der Waals surface area contributed by atoms with E-state index in [1.165, 1.54) is 19.1 Å². The lowest BCUT2D eigenvalue weighted by Crippen LogP contribution is -2.57. The standard InChI is InChI=1S/C19H28N4O6/c1-10(2)16(23-17(27)11(3)20)19(29)22-14(18(28)21-9-15(25)26)8-12-4-6-13(24)7-5-12/h4-7,10-11,14,16,24H,8-9,20H2,1-3H3,(H,21,28)(H,22,29)(H,23,27)(H,25,26)/t11-,14-,16-/m0/s1. The van der Waals surface area contributed by atoms with Crippen LogP contribution in [-0.2, 0) is 25.6 Å². The summed E-state index contributed by atoms with van der Waals surface area (Å²) < 4.78 is 0. The molecule has 7 N–H and O–H groups in total. The summed E-state index contributed by atoms with van der Waals surface area (Å²) in [6.07, 6.45) is 0.0591. The summed E-state index contributed by atoms with van der Waals surface area (Å²) in [4.78, 5) is 47.8. The second-order valence-electron chi connectivity index (χ2n) is 7.06. The molecular formula is C19H28N4O6. The molecule has 29 heavy (non-hydrogen) atoms. The maximum Gasteiger partial charge on any atom is 0.322 e. The number of hydrogen-bond acceptors (Lipinski definition) is 6. The largest absolute Gasteiger partial charge is 0.508 e. The summed E-state index contributed by atoms with van der Waals surface area (Å²) in [6, 6.07) is 3.21. The highest BCUT2D eigenvalue weighted by atomic mass is 16.4. The van der Waals surface area contributed by atoms with Crippen LogP contribution in [0.2, 0.25) is 0 Å². The van der Waals surface area contributed by atoms with E-state index < -0.39 is 48.4 Å². The lowest BCUT2D eigenvalue weighted by Gasteiger charge is -2.26. The molecule has 1 aromatic carbocycles. The molecule has 0 unspecified atom stereocenters. The van der Waals surface area contributed by atoms with Crippen LogP contribution in [0.1, 0.15) is 26.3 Å². The number of carboxylic acid groups (broad SMARTS) is 1. The molecule has 0 aliphatic rings. The summed E-state index contributed by atoms with van der Waals surface area (Å²) in [7, 11) is 0. The van der Waals surface area contributed by atoms with Gasteiger partial charge in [-0.2, -0.15) is 0 Å². The van der Waals surface area contributed by atoms with Crippen molar-refractivity contribution in [3.8, 4) is 5.75 Å². The summed E-state index contributed by atoms with van der Waals surface area (Å²) in [6.45, 7) is 4.34. The van der Waals surface area contributed by atoms with Gasteiger partial charge in [0.25, 0.3) is 0 Å². The molecular weight excluding hydrogens is 380 g/mol. The number of nitrogens with two attached hydrogens (primary N) is 1. The Bertz CT molecular complexity index is 733. The predicted octanol–water partition coefficient (Wildman–Crippen LogP) is -0.892. The molecule has 0 spiro atoms. The second kappa shape index (κ2) is 11.0. The second-order valence-corrected chi connectivity index (χ2v) is 7.06. The van der Waals surface area contributed by atoms with Gasteiger partial charge >= 0.3 is 5.97 Å². The van der Waals surface area contributed by atoms with E-state index in [-0.39, 0.29) is 18.1 Å². The average molecular weight is 408 g/mol. The van der Waals surface area contributed by atoms with Gasteiger partial charge in [0.1, 0.15) is 24.4 Å². The number of amides is 3. The molecule has 10 heteroatoms. The molecule has 1 rings (SSSR count). The molecule has 3 amide bonds. The zero-order chi connectivity index (χ0) is 22.1. The van der Waals surface area contributed by atoms with Gasteiger partial charge in [0.15, 0.2) is 0 Å². The highest BCUT2D eigenvalue weighted by molar-refractivity contribution is 5.93. The van der Waals surface area contributed by atoms with Crippen molar-refractivity contribution in [2.24, 2.45) is 11.7 Å². The minimum absolute atomic E-state index is 0.0446. The number of benzene rings is 1. The number of aliphatic carboxylic acids is 1. The molecule has 0 bridgehead atoms. The molecule has 0 saturated carbocycles. The highest BCUT2D eigenvalue weighted by Gasteiger charge is 2.29. The van der Waals surface area contributed by atoms with Crippen molar-refractivity contribution in [1.82, 2.24) is 16.0 Å². The lowest BCUT2D eigenvalue weighted by atomic mass is 10.0. The quantitative estimate of drug-likeness (QED) is 0.291. The molecule has 1 aromatic rings. The van der Waals surface area contributed by atoms with E-state index in [2.05, 4.69) is 16.0 Å². The van der Waals surface area contributed by atoms with Crippen molar-refractivity contribution in [3.05, 3.63) is 29.8 Å². The summed E-state index contributed by atoms with van der Waals surface area (Å²) in [5.41, 5.74) is 6.17. The fourth-order valence-electron chi connectivity index (χ4n) is 2.44. The van der Waals surface area contributed by atoms with Gasteiger partial charge in [0, 0.05) is 6.42 Å². The normalized spacial score (nSPS) is 13.8. The number of rotatable bonds is 10. The Morgan fingerprint density at radius 1 is 0.966 bits per heavy atom. The first-order valence-electron chi connectivity index (χ1n) is 9.15. The molecule has 160 valence electrons. The van der Waals surface area contributed by atoms with Crippen molar-refractivity contribution < 1.29 is 29.4 Å². The van der Waals surface area contributed by atoms with Crippen LogP contribution in [0.15, 0.2) is 24.3 Å². The zero-order valence-electron chi connectivity index (χ0n) is 16.6. The molecule has 10 nitrogen and oxygen atoms in total. The van der Waals surface area contributed by atoms with Gasteiger partial charge in [-0.25, -0.2) is 0 Å². The van der Waals surface area contributed by atoms with Crippen LogP contribution in [0.5, 0.6) is 5.75 Å². The van der Waals surface area contributed by atoms with E-state index in [9.17, 15) is 24.3 Å². The first-order chi connectivity index (χ1) is 13.5. The highest BCUT2D eigenvalue weighted by Crippen LogP contribution is 2.12. The molecule has 0 saturated heterocycles. The molecule has 0 heterocycles. The van der Waals surface area contributed by atoms with E-state index >= 15 is 0 Å². The van der Waals surface area contributed by atoms with Crippen molar-refractivity contribution >= 4 is 23.7 Å². The van der Waals surface area contributed by atoms with Crippen LogP contribution in [0.25, 0.3) is 0 Å². The Kier molecular flexibility index (Phi) is 9.07. The van der Waals surface area contributed by atoms with Crippen LogP contribution >= 0.6 is 0 Å². The third-order valence-electron chi connectivity index (χ3n) is 4.08. The summed E-state index contributed by atoms with van der Waals surface area (Å²) in [5.74, 6) is -3.25. The Hall–Kier alpha value is -3.14. The Morgan fingerprint density at radius 2 is 1.55 bits per heavy atom. The minimum Gasteiger partial charge on any atom is -0.508 e. The van der Waals surface area contributed by atoms with Crippen LogP contribution in [0.4, 0.5) is 0 Å². The van der Waals surface area contributed by atoms with E-state index in [1.54, 1.807) is 26.0 Å². The minimum atomic E-state index is -1.22. The Morgan fingerprint density at radius 3 is 2.03 bits per heavy atom. The SMILES string of the molecule is CC(C)[C@H](NC(=O)[C@H](C)N)C(=O)N[C@@H](Cc1ccc(O)cc1)C(=O)NCC(=O)O. The van der Waals surface area contributed by atoms with Crippen LogP contribution < -0.4 is 21.7 Å². The van der Waals surface area contributed by atoms with Crippen molar-refractivity contribution in [3.63, 3.8) is 0 Å². The number of carboxylic acids is 1. The molecule has 0 aromatic heterocycles. The number of phenolic OH excluding ortho intramolecular Hbond substituents is 1. The number of phenols is 1. The first kappa shape index (κ1) is 23.9. The number of hydrogen-bond donors (Lipinski definition) is 6. The third kappa shape index (κ3) is 8.18. The van der Waals surface area contributed by atoms with Gasteiger partial charge in [0.2, 0.25) is 17.7 Å². The van der Waals surface area contributed by atoms with E-state index in [0.29, 0.717) is 5.56 Å². The summed E-state index contributed by atoms with van der Waals surface area (Å²) >= 11 is 0. The van der Waals surface area contributed by atoms with Crippen molar-refractivity contribution in [2.75, 3.05) is 6.54 Å². The lowest BCUT2D eigenvalue weighted by molar-refractivity contribution is -0.138. The number of nitrogens with one attached hydrogen (secondary N) is 3. The molecule has 0 radical (unpaired) electrons. The monoisotopic (exact) mass is 408 g/mol. The topological polar surface area (TPSA) is 171 Å². The fourth-order valence-corrected chi connectivity index (χ4v) is 2.44. The summed E-state index contributed by atoms with van der Waals surface area (Å²) in [5, 5.41) is 25.5. The molecule has 0 aliphatic carbocycles. The van der Waals surface area contributed by atoms with Gasteiger partial charge in [-0.15, -0.1) is 0 Å². The zero-order valence-corrected chi connectivity index (χ0v) is 16.6. The molecule has 0 aliphatic heterocycles. The van der Waals surface area contributed by atoms with Crippen molar-refractivity contribution in [1.29, 1.82) is 0 Å². The number of carbonyl (C=O) groups excluding carboxylic acids is 3. The van der Waals surface area contributed by atoms with Crippen LogP contribution in [-0.4, -0.2) is 58.6 Å². The predicted molar refractivity (Wildman–Crippen MR) is 105 cm³/mol. The van der Waals surface area contributed by atoms with E-state index in [1.807, 2.05) is 0 Å². The van der Waals surface area contributed by atoms with Gasteiger partial charge in [-0.3, -0.25) is 19.2 Å². The molecule has 3 atom stereocenters. The van der Waals surface area contributed by atoms with E-state index in [4.69, 9.17) is 10.8 Å². The van der Waals surface area contributed by atoms with Crippen LogP contribution in [0.3, 0.4) is 0 Å². The molecule has 0 fully saturated rings. The van der Waals surface area contributed by atoms with Gasteiger partial charge in [-0.05, 0) is 30.5 Å². The Balaban J connectivity index is 2.98. The van der Waals surface area contributed by atoms with Gasteiger partial charge in [-0.1, -0.05) is 26.0 Å².